The molecule has 112 valence electrons. The van der Waals surface area contributed by atoms with Crippen molar-refractivity contribution < 1.29 is 9.59 Å². The van der Waals surface area contributed by atoms with Crippen molar-refractivity contribution in [3.05, 3.63) is 29.3 Å². The molecule has 1 atom stereocenters. The average Bonchev–Trinajstić information content (AvgIpc) is 2.74. The Hall–Kier alpha value is -1.68. The maximum atomic E-state index is 12.7. The minimum absolute atomic E-state index is 0.0492. The quantitative estimate of drug-likeness (QED) is 0.784. The van der Waals surface area contributed by atoms with E-state index in [0.717, 1.165) is 42.7 Å². The number of hydrogen-bond acceptors (Lipinski definition) is 3. The Labute approximate surface area is 125 Å². The number of piperidine rings is 1. The lowest BCUT2D eigenvalue weighted by Crippen LogP contribution is -2.44. The van der Waals surface area contributed by atoms with Gasteiger partial charge in [-0.05, 0) is 63.0 Å². The summed E-state index contributed by atoms with van der Waals surface area (Å²) in [5, 5.41) is 0. The molecular weight excluding hydrogens is 264 g/mol. The highest BCUT2D eigenvalue weighted by atomic mass is 16.2. The van der Waals surface area contributed by atoms with E-state index in [1.54, 1.807) is 0 Å². The molecule has 4 heteroatoms. The number of rotatable bonds is 2. The summed E-state index contributed by atoms with van der Waals surface area (Å²) < 4.78 is 0. The fourth-order valence-corrected chi connectivity index (χ4v) is 3.48. The van der Waals surface area contributed by atoms with Crippen molar-refractivity contribution in [3.8, 4) is 0 Å². The van der Waals surface area contributed by atoms with Gasteiger partial charge >= 0.3 is 0 Å². The molecule has 4 nitrogen and oxygen atoms in total. The molecule has 0 aliphatic carbocycles. The lowest BCUT2D eigenvalue weighted by Gasteiger charge is -2.30. The van der Waals surface area contributed by atoms with Crippen LogP contribution in [0.1, 0.15) is 36.8 Å². The van der Waals surface area contributed by atoms with Gasteiger partial charge in [0.2, 0.25) is 5.91 Å². The van der Waals surface area contributed by atoms with Gasteiger partial charge in [0, 0.05) is 0 Å². The zero-order chi connectivity index (χ0) is 15.0. The summed E-state index contributed by atoms with van der Waals surface area (Å²) in [6.45, 7) is 5.85. The molecular formula is C17H22N2O2. The summed E-state index contributed by atoms with van der Waals surface area (Å²) in [6.07, 6.45) is 3.81. The van der Waals surface area contributed by atoms with Crippen LogP contribution in [0.4, 0.5) is 5.69 Å². The number of aryl methyl sites for hydroxylation is 2. The smallest absolute Gasteiger partial charge is 0.251 e. The van der Waals surface area contributed by atoms with Gasteiger partial charge in [0.25, 0.3) is 5.91 Å². The van der Waals surface area contributed by atoms with E-state index >= 15 is 0 Å². The van der Waals surface area contributed by atoms with Crippen LogP contribution in [0.3, 0.4) is 0 Å². The molecule has 0 unspecified atom stereocenters. The second kappa shape index (κ2) is 5.60. The number of likely N-dealkylation sites (tertiary alicyclic amines) is 1. The Balaban J connectivity index is 1.86. The maximum Gasteiger partial charge on any atom is 0.251 e. The second-order valence-electron chi connectivity index (χ2n) is 6.23. The van der Waals surface area contributed by atoms with Gasteiger partial charge in [-0.3, -0.25) is 14.5 Å². The van der Waals surface area contributed by atoms with E-state index in [4.69, 9.17) is 0 Å². The summed E-state index contributed by atoms with van der Waals surface area (Å²) in [4.78, 5) is 28.6. The molecule has 0 saturated carbocycles. The summed E-state index contributed by atoms with van der Waals surface area (Å²) in [5.41, 5.74) is 2.88. The van der Waals surface area contributed by atoms with E-state index < -0.39 is 0 Å². The molecule has 1 aromatic rings. The van der Waals surface area contributed by atoms with Crippen LogP contribution in [-0.2, 0) is 9.59 Å². The van der Waals surface area contributed by atoms with Crippen molar-refractivity contribution in [1.29, 1.82) is 0 Å². The van der Waals surface area contributed by atoms with Crippen molar-refractivity contribution in [1.82, 2.24) is 4.90 Å². The van der Waals surface area contributed by atoms with Crippen LogP contribution in [0.2, 0.25) is 0 Å². The molecule has 21 heavy (non-hydrogen) atoms. The SMILES string of the molecule is Cc1cc(C)cc(N2C(=O)C[C@H](N3CCCCC3)C2=O)c1. The molecule has 3 rings (SSSR count). The molecule has 1 aromatic carbocycles. The van der Waals surface area contributed by atoms with Crippen LogP contribution in [0, 0.1) is 13.8 Å². The largest absolute Gasteiger partial charge is 0.292 e. The molecule has 0 N–H and O–H groups in total. The van der Waals surface area contributed by atoms with E-state index in [2.05, 4.69) is 11.0 Å². The van der Waals surface area contributed by atoms with Crippen molar-refractivity contribution in [2.75, 3.05) is 18.0 Å². The number of anilines is 1. The molecule has 0 aromatic heterocycles. The first-order valence-electron chi connectivity index (χ1n) is 7.75. The van der Waals surface area contributed by atoms with Crippen molar-refractivity contribution >= 4 is 17.5 Å². The summed E-state index contributed by atoms with van der Waals surface area (Å²) in [6, 6.07) is 5.64. The lowest BCUT2D eigenvalue weighted by molar-refractivity contribution is -0.123. The van der Waals surface area contributed by atoms with Crippen molar-refractivity contribution in [2.45, 2.75) is 45.6 Å². The normalized spacial score (nSPS) is 23.9. The highest BCUT2D eigenvalue weighted by Crippen LogP contribution is 2.28. The monoisotopic (exact) mass is 286 g/mol. The molecule has 0 radical (unpaired) electrons. The zero-order valence-corrected chi connectivity index (χ0v) is 12.8. The van der Waals surface area contributed by atoms with Gasteiger partial charge in [0.15, 0.2) is 0 Å². The molecule has 0 bridgehead atoms. The number of nitrogens with zero attached hydrogens (tertiary/aromatic N) is 2. The molecule has 2 heterocycles. The van der Waals surface area contributed by atoms with Crippen LogP contribution in [-0.4, -0.2) is 35.8 Å². The van der Waals surface area contributed by atoms with Gasteiger partial charge in [-0.2, -0.15) is 0 Å². The minimum Gasteiger partial charge on any atom is -0.292 e. The van der Waals surface area contributed by atoms with Gasteiger partial charge in [0.1, 0.15) is 0 Å². The highest BCUT2D eigenvalue weighted by molar-refractivity contribution is 6.22. The van der Waals surface area contributed by atoms with Crippen LogP contribution in [0.15, 0.2) is 18.2 Å². The number of carbonyl (C=O) groups excluding carboxylic acids is 2. The van der Waals surface area contributed by atoms with Crippen LogP contribution >= 0.6 is 0 Å². The van der Waals surface area contributed by atoms with Crippen molar-refractivity contribution in [3.63, 3.8) is 0 Å². The fraction of sp³-hybridized carbons (Fsp3) is 0.529. The van der Waals surface area contributed by atoms with Gasteiger partial charge in [-0.15, -0.1) is 0 Å². The van der Waals surface area contributed by atoms with E-state index in [1.807, 2.05) is 26.0 Å². The van der Waals surface area contributed by atoms with E-state index in [1.165, 1.54) is 11.3 Å². The van der Waals surface area contributed by atoms with Crippen molar-refractivity contribution in [2.24, 2.45) is 0 Å². The Morgan fingerprint density at radius 1 is 0.952 bits per heavy atom. The summed E-state index contributed by atoms with van der Waals surface area (Å²) in [7, 11) is 0. The first-order valence-corrected chi connectivity index (χ1v) is 7.75. The molecule has 2 saturated heterocycles. The number of hydrogen-bond donors (Lipinski definition) is 0. The number of benzene rings is 1. The van der Waals surface area contributed by atoms with Gasteiger partial charge in [-0.25, -0.2) is 4.90 Å². The Morgan fingerprint density at radius 2 is 1.57 bits per heavy atom. The van der Waals surface area contributed by atoms with E-state index in [9.17, 15) is 9.59 Å². The third-order valence-electron chi connectivity index (χ3n) is 4.42. The minimum atomic E-state index is -0.251. The second-order valence-corrected chi connectivity index (χ2v) is 6.23. The Morgan fingerprint density at radius 3 is 2.19 bits per heavy atom. The molecule has 2 aliphatic rings. The average molecular weight is 286 g/mol. The first kappa shape index (κ1) is 14.3. The third-order valence-corrected chi connectivity index (χ3v) is 4.42. The molecule has 2 aliphatic heterocycles. The Bertz CT molecular complexity index is 556. The van der Waals surface area contributed by atoms with Gasteiger partial charge in [-0.1, -0.05) is 12.5 Å². The Kier molecular flexibility index (Phi) is 3.81. The van der Waals surface area contributed by atoms with Crippen LogP contribution in [0.25, 0.3) is 0 Å². The standard InChI is InChI=1S/C17H22N2O2/c1-12-8-13(2)10-14(9-12)19-16(20)11-15(17(19)21)18-6-4-3-5-7-18/h8-10,15H,3-7,11H2,1-2H3/t15-/m0/s1. The highest BCUT2D eigenvalue weighted by Gasteiger charge is 2.42. The van der Waals surface area contributed by atoms with E-state index in [0.29, 0.717) is 6.42 Å². The predicted octanol–water partition coefficient (Wildman–Crippen LogP) is 2.42. The maximum absolute atomic E-state index is 12.7. The third kappa shape index (κ3) is 2.72. The van der Waals surface area contributed by atoms with E-state index in [-0.39, 0.29) is 17.9 Å². The number of amides is 2. The van der Waals surface area contributed by atoms with Crippen LogP contribution < -0.4 is 4.90 Å². The van der Waals surface area contributed by atoms with Crippen LogP contribution in [0.5, 0.6) is 0 Å². The molecule has 2 amide bonds. The predicted molar refractivity (Wildman–Crippen MR) is 82.2 cm³/mol. The topological polar surface area (TPSA) is 40.6 Å². The summed E-state index contributed by atoms with van der Waals surface area (Å²) in [5.74, 6) is -0.118. The summed E-state index contributed by atoms with van der Waals surface area (Å²) >= 11 is 0. The first-order chi connectivity index (χ1) is 10.1. The lowest BCUT2D eigenvalue weighted by atomic mass is 10.1. The zero-order valence-electron chi connectivity index (χ0n) is 12.8. The van der Waals surface area contributed by atoms with Gasteiger partial charge < -0.3 is 0 Å². The number of imide groups is 1. The fourth-order valence-electron chi connectivity index (χ4n) is 3.48. The van der Waals surface area contributed by atoms with Gasteiger partial charge in [0.05, 0.1) is 18.2 Å². The molecule has 2 fully saturated rings. The number of carbonyl (C=O) groups is 2. The molecule has 0 spiro atoms.